The van der Waals surface area contributed by atoms with Crippen LogP contribution in [-0.2, 0) is 11.2 Å². The molecular weight excluding hydrogens is 356 g/mol. The zero-order valence-electron chi connectivity index (χ0n) is 15.3. The number of rotatable bonds is 7. The van der Waals surface area contributed by atoms with Gasteiger partial charge in [-0.15, -0.1) is 10.2 Å². The van der Waals surface area contributed by atoms with Gasteiger partial charge in [-0.25, -0.2) is 0 Å². The van der Waals surface area contributed by atoms with Crippen LogP contribution in [0.4, 0.5) is 5.95 Å². The molecule has 0 spiro atoms. The Bertz CT molecular complexity index is 832. The van der Waals surface area contributed by atoms with Crippen molar-refractivity contribution < 1.29 is 4.74 Å². The number of anilines is 1. The number of nitrogens with zero attached hydrogens (tertiary/aromatic N) is 4. The molecule has 0 amide bonds. The Morgan fingerprint density at radius 1 is 0.889 bits per heavy atom. The normalized spacial score (nSPS) is 14.4. The van der Waals surface area contributed by atoms with E-state index in [1.807, 2.05) is 6.07 Å². The summed E-state index contributed by atoms with van der Waals surface area (Å²) in [6, 6.07) is 21.0. The molecule has 4 rings (SSSR count). The molecule has 3 aromatic rings. The molecule has 0 atom stereocenters. The van der Waals surface area contributed by atoms with Gasteiger partial charge in [-0.05, 0) is 30.5 Å². The van der Waals surface area contributed by atoms with E-state index in [-0.39, 0.29) is 0 Å². The number of hydrogen-bond donors (Lipinski definition) is 0. The van der Waals surface area contributed by atoms with Crippen LogP contribution in [0.5, 0.6) is 0 Å². The molecule has 1 aliphatic rings. The molecule has 6 heteroatoms. The van der Waals surface area contributed by atoms with Gasteiger partial charge in [-0.2, -0.15) is 0 Å². The minimum Gasteiger partial charge on any atom is -0.378 e. The van der Waals surface area contributed by atoms with Gasteiger partial charge in [0, 0.05) is 18.8 Å². The van der Waals surface area contributed by atoms with E-state index >= 15 is 0 Å². The van der Waals surface area contributed by atoms with E-state index in [1.54, 1.807) is 11.8 Å². The molecule has 0 unspecified atom stereocenters. The summed E-state index contributed by atoms with van der Waals surface area (Å²) in [6.45, 7) is 3.18. The van der Waals surface area contributed by atoms with Crippen molar-refractivity contribution in [2.45, 2.75) is 18.0 Å². The average Bonchev–Trinajstić information content (AvgIpc) is 3.17. The molecule has 0 radical (unpaired) electrons. The summed E-state index contributed by atoms with van der Waals surface area (Å²) in [5.41, 5.74) is 2.49. The van der Waals surface area contributed by atoms with Crippen LogP contribution in [0.1, 0.15) is 12.0 Å². The first-order valence-corrected chi connectivity index (χ1v) is 10.4. The van der Waals surface area contributed by atoms with Gasteiger partial charge in [0.2, 0.25) is 5.95 Å². The molecule has 140 valence electrons. The molecule has 1 fully saturated rings. The summed E-state index contributed by atoms with van der Waals surface area (Å²) in [6.07, 6.45) is 2.20. The third-order valence-electron chi connectivity index (χ3n) is 4.61. The summed E-state index contributed by atoms with van der Waals surface area (Å²) in [5, 5.41) is 9.98. The highest BCUT2D eigenvalue weighted by Gasteiger charge is 2.21. The van der Waals surface area contributed by atoms with Gasteiger partial charge in [0.05, 0.1) is 18.9 Å². The second-order valence-electron chi connectivity index (χ2n) is 6.49. The van der Waals surface area contributed by atoms with Crippen LogP contribution in [0.2, 0.25) is 0 Å². The molecule has 0 aliphatic carbocycles. The average molecular weight is 381 g/mol. The van der Waals surface area contributed by atoms with E-state index in [9.17, 15) is 0 Å². The van der Waals surface area contributed by atoms with Crippen LogP contribution in [0.15, 0.2) is 65.8 Å². The van der Waals surface area contributed by atoms with Crippen LogP contribution >= 0.6 is 11.8 Å². The molecule has 0 bridgehead atoms. The summed E-state index contributed by atoms with van der Waals surface area (Å²) < 4.78 is 7.67. The van der Waals surface area contributed by atoms with E-state index < -0.39 is 0 Å². The molecule has 1 aliphatic heterocycles. The number of morpholine rings is 1. The number of para-hydroxylation sites is 1. The Labute approximate surface area is 164 Å². The van der Waals surface area contributed by atoms with Crippen molar-refractivity contribution in [3.63, 3.8) is 0 Å². The number of aryl methyl sites for hydroxylation is 1. The number of benzene rings is 2. The summed E-state index contributed by atoms with van der Waals surface area (Å²) in [4.78, 5) is 2.26. The smallest absolute Gasteiger partial charge is 0.232 e. The Morgan fingerprint density at radius 3 is 2.33 bits per heavy atom. The lowest BCUT2D eigenvalue weighted by atomic mass is 10.1. The predicted octanol–water partition coefficient (Wildman–Crippen LogP) is 3.83. The highest BCUT2D eigenvalue weighted by atomic mass is 32.2. The predicted molar refractivity (Wildman–Crippen MR) is 110 cm³/mol. The van der Waals surface area contributed by atoms with E-state index in [2.05, 4.69) is 74.3 Å². The van der Waals surface area contributed by atoms with E-state index in [0.29, 0.717) is 0 Å². The molecule has 5 nitrogen and oxygen atoms in total. The molecule has 2 heterocycles. The lowest BCUT2D eigenvalue weighted by Crippen LogP contribution is -2.37. The van der Waals surface area contributed by atoms with Crippen LogP contribution in [-0.4, -0.2) is 46.8 Å². The summed E-state index contributed by atoms with van der Waals surface area (Å²) >= 11 is 1.78. The SMILES string of the molecule is c1ccc(CCCSc2nnc(N3CCOCC3)n2-c2ccccc2)cc1. The molecular formula is C21H24N4OS. The highest BCUT2D eigenvalue weighted by molar-refractivity contribution is 7.99. The highest BCUT2D eigenvalue weighted by Crippen LogP contribution is 2.27. The molecule has 1 saturated heterocycles. The van der Waals surface area contributed by atoms with Crippen molar-refractivity contribution in [2.24, 2.45) is 0 Å². The monoisotopic (exact) mass is 380 g/mol. The Balaban J connectivity index is 1.49. The zero-order valence-corrected chi connectivity index (χ0v) is 16.1. The summed E-state index contributed by atoms with van der Waals surface area (Å²) in [7, 11) is 0. The van der Waals surface area contributed by atoms with E-state index in [4.69, 9.17) is 4.74 Å². The van der Waals surface area contributed by atoms with Gasteiger partial charge in [0.1, 0.15) is 0 Å². The lowest BCUT2D eigenvalue weighted by Gasteiger charge is -2.27. The second-order valence-corrected chi connectivity index (χ2v) is 7.55. The van der Waals surface area contributed by atoms with Gasteiger partial charge in [-0.1, -0.05) is 60.3 Å². The second kappa shape index (κ2) is 9.06. The first-order chi connectivity index (χ1) is 13.4. The fourth-order valence-corrected chi connectivity index (χ4v) is 4.10. The van der Waals surface area contributed by atoms with Crippen LogP contribution in [0, 0.1) is 0 Å². The van der Waals surface area contributed by atoms with Crippen LogP contribution in [0.25, 0.3) is 5.69 Å². The maximum Gasteiger partial charge on any atom is 0.232 e. The molecule has 1 aromatic heterocycles. The Hall–Kier alpha value is -2.31. The number of thioether (sulfide) groups is 1. The lowest BCUT2D eigenvalue weighted by molar-refractivity contribution is 0.122. The third-order valence-corrected chi connectivity index (χ3v) is 5.62. The zero-order chi connectivity index (χ0) is 18.3. The fraction of sp³-hybridized carbons (Fsp3) is 0.333. The number of ether oxygens (including phenoxy) is 1. The quantitative estimate of drug-likeness (QED) is 0.460. The van der Waals surface area contributed by atoms with Gasteiger partial charge in [-0.3, -0.25) is 4.57 Å². The van der Waals surface area contributed by atoms with Crippen molar-refractivity contribution in [3.8, 4) is 5.69 Å². The van der Waals surface area contributed by atoms with Crippen molar-refractivity contribution in [1.29, 1.82) is 0 Å². The minimum atomic E-state index is 0.737. The molecule has 0 N–H and O–H groups in total. The van der Waals surface area contributed by atoms with Gasteiger partial charge in [0.15, 0.2) is 5.16 Å². The van der Waals surface area contributed by atoms with Crippen molar-refractivity contribution in [3.05, 3.63) is 66.2 Å². The van der Waals surface area contributed by atoms with Crippen LogP contribution < -0.4 is 4.90 Å². The van der Waals surface area contributed by atoms with Gasteiger partial charge >= 0.3 is 0 Å². The minimum absolute atomic E-state index is 0.737. The molecule has 0 saturated carbocycles. The summed E-state index contributed by atoms with van der Waals surface area (Å²) in [5.74, 6) is 1.93. The van der Waals surface area contributed by atoms with E-state index in [0.717, 1.165) is 61.7 Å². The standard InChI is InChI=1S/C21H24N4OS/c1-3-8-18(9-4-1)10-7-17-27-21-23-22-20(24-13-15-26-16-14-24)25(21)19-11-5-2-6-12-19/h1-6,8-9,11-12H,7,10,13-17H2. The van der Waals surface area contributed by atoms with Crippen molar-refractivity contribution in [2.75, 3.05) is 37.0 Å². The van der Waals surface area contributed by atoms with Gasteiger partial charge < -0.3 is 9.64 Å². The molecule has 2 aromatic carbocycles. The first kappa shape index (κ1) is 18.1. The fourth-order valence-electron chi connectivity index (χ4n) is 3.21. The molecule has 27 heavy (non-hydrogen) atoms. The third kappa shape index (κ3) is 4.51. The number of hydrogen-bond acceptors (Lipinski definition) is 5. The van der Waals surface area contributed by atoms with Crippen molar-refractivity contribution in [1.82, 2.24) is 14.8 Å². The maximum atomic E-state index is 5.49. The first-order valence-electron chi connectivity index (χ1n) is 9.42. The number of aromatic nitrogens is 3. The van der Waals surface area contributed by atoms with Crippen LogP contribution in [0.3, 0.4) is 0 Å². The Kier molecular flexibility index (Phi) is 6.06. The Morgan fingerprint density at radius 2 is 1.59 bits per heavy atom. The topological polar surface area (TPSA) is 43.2 Å². The van der Waals surface area contributed by atoms with E-state index in [1.165, 1.54) is 5.56 Å². The van der Waals surface area contributed by atoms with Gasteiger partial charge in [0.25, 0.3) is 0 Å². The maximum absolute atomic E-state index is 5.49. The largest absolute Gasteiger partial charge is 0.378 e. The van der Waals surface area contributed by atoms with Crippen molar-refractivity contribution >= 4 is 17.7 Å².